The van der Waals surface area contributed by atoms with Crippen LogP contribution in [0.15, 0.2) is 29.1 Å². The van der Waals surface area contributed by atoms with Crippen molar-refractivity contribution in [2.45, 2.75) is 26.7 Å². The minimum Gasteiger partial charge on any atom is -0.337 e. The molecule has 2 aromatic rings. The largest absolute Gasteiger partial charge is 0.346 e. The quantitative estimate of drug-likeness (QED) is 0.921. The second-order valence-corrected chi connectivity index (χ2v) is 6.42. The number of piperidine rings is 1. The summed E-state index contributed by atoms with van der Waals surface area (Å²) in [6.45, 7) is 5.20. The zero-order valence-corrected chi connectivity index (χ0v) is 13.8. The monoisotopic (exact) mass is 329 g/mol. The lowest BCUT2D eigenvalue weighted by Gasteiger charge is -2.30. The first kappa shape index (κ1) is 16.4. The van der Waals surface area contributed by atoms with Crippen LogP contribution in [-0.2, 0) is 0 Å². The maximum atomic E-state index is 13.4. The number of aryl methyl sites for hydroxylation is 1. The van der Waals surface area contributed by atoms with Gasteiger partial charge in [-0.3, -0.25) is 4.79 Å². The van der Waals surface area contributed by atoms with E-state index in [1.807, 2.05) is 0 Å². The van der Waals surface area contributed by atoms with Crippen LogP contribution in [-0.4, -0.2) is 33.9 Å². The van der Waals surface area contributed by atoms with E-state index in [1.54, 1.807) is 30.0 Å². The number of carbonyl (C=O) groups is 1. The molecule has 24 heavy (non-hydrogen) atoms. The molecule has 5 nitrogen and oxygen atoms in total. The molecule has 0 radical (unpaired) electrons. The number of hydrogen-bond donors (Lipinski definition) is 1. The highest BCUT2D eigenvalue weighted by molar-refractivity contribution is 5.93. The molecule has 1 aliphatic rings. The lowest BCUT2D eigenvalue weighted by Crippen LogP contribution is -2.39. The molecule has 1 N–H and O–H groups in total. The number of aromatic amines is 1. The van der Waals surface area contributed by atoms with Crippen molar-refractivity contribution < 1.29 is 9.18 Å². The Hall–Kier alpha value is -2.50. The maximum Gasteiger partial charge on any atom is 0.346 e. The highest BCUT2D eigenvalue weighted by Crippen LogP contribution is 2.21. The fourth-order valence-corrected chi connectivity index (χ4v) is 2.91. The summed E-state index contributed by atoms with van der Waals surface area (Å²) >= 11 is 0. The molecule has 0 spiro atoms. The summed E-state index contributed by atoms with van der Waals surface area (Å²) in [4.78, 5) is 32.7. The highest BCUT2D eigenvalue weighted by atomic mass is 19.1. The van der Waals surface area contributed by atoms with Crippen molar-refractivity contribution in [3.63, 3.8) is 0 Å². The van der Waals surface area contributed by atoms with Crippen LogP contribution in [0.4, 0.5) is 4.39 Å². The predicted octanol–water partition coefficient (Wildman–Crippen LogP) is 2.76. The van der Waals surface area contributed by atoms with Gasteiger partial charge >= 0.3 is 5.69 Å². The molecule has 0 unspecified atom stereocenters. The third-order valence-electron chi connectivity index (χ3n) is 4.50. The second kappa shape index (κ2) is 6.55. The van der Waals surface area contributed by atoms with Gasteiger partial charge in [0.05, 0.1) is 5.69 Å². The number of carbonyl (C=O) groups excluding carboxylic acids is 1. The molecule has 2 heterocycles. The number of amides is 1. The molecule has 1 fully saturated rings. The van der Waals surface area contributed by atoms with Crippen LogP contribution in [0, 0.1) is 18.7 Å². The SMILES string of the molecule is Cc1cc(-c2cc(C(=O)N3CCC(C)CC3)[nH]c(=O)n2)ccc1F. The molecule has 0 atom stereocenters. The van der Waals surface area contributed by atoms with Gasteiger partial charge in [0.25, 0.3) is 5.91 Å². The zero-order chi connectivity index (χ0) is 17.3. The Labute approximate surface area is 139 Å². The number of nitrogens with one attached hydrogen (secondary N) is 1. The number of likely N-dealkylation sites (tertiary alicyclic amines) is 1. The summed E-state index contributed by atoms with van der Waals surface area (Å²) in [5.41, 5.74) is 1.09. The van der Waals surface area contributed by atoms with Crippen LogP contribution in [0.1, 0.15) is 35.8 Å². The normalized spacial score (nSPS) is 15.5. The van der Waals surface area contributed by atoms with Gasteiger partial charge in [-0.05, 0) is 55.5 Å². The first-order valence-corrected chi connectivity index (χ1v) is 8.11. The Morgan fingerprint density at radius 2 is 2.00 bits per heavy atom. The first-order chi connectivity index (χ1) is 11.4. The Morgan fingerprint density at radius 3 is 2.67 bits per heavy atom. The molecule has 1 amide bonds. The van der Waals surface area contributed by atoms with Gasteiger partial charge in [-0.1, -0.05) is 6.92 Å². The van der Waals surface area contributed by atoms with Crippen molar-refractivity contribution in [1.82, 2.24) is 14.9 Å². The van der Waals surface area contributed by atoms with E-state index in [-0.39, 0.29) is 17.4 Å². The Kier molecular flexibility index (Phi) is 4.46. The topological polar surface area (TPSA) is 66.1 Å². The minimum atomic E-state index is -0.580. The van der Waals surface area contributed by atoms with Gasteiger partial charge in [0, 0.05) is 18.7 Å². The van der Waals surface area contributed by atoms with Crippen LogP contribution in [0.2, 0.25) is 0 Å². The summed E-state index contributed by atoms with van der Waals surface area (Å²) in [7, 11) is 0. The van der Waals surface area contributed by atoms with Gasteiger partial charge in [-0.25, -0.2) is 9.18 Å². The molecule has 6 heteroatoms. The average molecular weight is 329 g/mol. The molecule has 0 saturated carbocycles. The van der Waals surface area contributed by atoms with Crippen molar-refractivity contribution in [3.8, 4) is 11.3 Å². The van der Waals surface area contributed by atoms with Crippen molar-refractivity contribution in [1.29, 1.82) is 0 Å². The van der Waals surface area contributed by atoms with Gasteiger partial charge in [-0.2, -0.15) is 4.98 Å². The Balaban J connectivity index is 1.92. The number of H-pyrrole nitrogens is 1. The third-order valence-corrected chi connectivity index (χ3v) is 4.50. The maximum absolute atomic E-state index is 13.4. The fourth-order valence-electron chi connectivity index (χ4n) is 2.91. The number of halogens is 1. The summed E-state index contributed by atoms with van der Waals surface area (Å²) in [6.07, 6.45) is 1.93. The lowest BCUT2D eigenvalue weighted by atomic mass is 9.99. The summed E-state index contributed by atoms with van der Waals surface area (Å²) in [5, 5.41) is 0. The summed E-state index contributed by atoms with van der Waals surface area (Å²) in [6, 6.07) is 6.07. The van der Waals surface area contributed by atoms with Crippen molar-refractivity contribution in [2.24, 2.45) is 5.92 Å². The summed E-state index contributed by atoms with van der Waals surface area (Å²) < 4.78 is 13.4. The third kappa shape index (κ3) is 3.37. The standard InChI is InChI=1S/C18H20FN3O2/c1-11-5-7-22(8-6-11)17(23)16-10-15(20-18(24)21-16)13-3-4-14(19)12(2)9-13/h3-4,9-11H,5-8H2,1-2H3,(H,20,21,24). The van der Waals surface area contributed by atoms with E-state index < -0.39 is 5.69 Å². The zero-order valence-electron chi connectivity index (χ0n) is 13.8. The number of aromatic nitrogens is 2. The second-order valence-electron chi connectivity index (χ2n) is 6.42. The molecule has 1 aliphatic heterocycles. The van der Waals surface area contributed by atoms with E-state index in [1.165, 1.54) is 6.07 Å². The van der Waals surface area contributed by atoms with Crippen LogP contribution in [0.3, 0.4) is 0 Å². The van der Waals surface area contributed by atoms with Gasteiger partial charge in [0.2, 0.25) is 0 Å². The smallest absolute Gasteiger partial charge is 0.337 e. The van der Waals surface area contributed by atoms with E-state index in [9.17, 15) is 14.0 Å². The first-order valence-electron chi connectivity index (χ1n) is 8.11. The van der Waals surface area contributed by atoms with Crippen LogP contribution < -0.4 is 5.69 Å². The van der Waals surface area contributed by atoms with E-state index in [2.05, 4.69) is 16.9 Å². The number of nitrogens with zero attached hydrogens (tertiary/aromatic N) is 2. The molecular formula is C18H20FN3O2. The van der Waals surface area contributed by atoms with Gasteiger partial charge in [0.1, 0.15) is 11.5 Å². The van der Waals surface area contributed by atoms with Crippen molar-refractivity contribution >= 4 is 5.91 Å². The Morgan fingerprint density at radius 1 is 1.29 bits per heavy atom. The van der Waals surface area contributed by atoms with Gasteiger partial charge < -0.3 is 9.88 Å². The highest BCUT2D eigenvalue weighted by Gasteiger charge is 2.22. The van der Waals surface area contributed by atoms with Gasteiger partial charge in [0.15, 0.2) is 0 Å². The number of hydrogen-bond acceptors (Lipinski definition) is 3. The van der Waals surface area contributed by atoms with E-state index in [0.29, 0.717) is 35.8 Å². The molecule has 1 aromatic carbocycles. The average Bonchev–Trinajstić information content (AvgIpc) is 2.57. The van der Waals surface area contributed by atoms with Crippen molar-refractivity contribution in [3.05, 3.63) is 51.8 Å². The Bertz CT molecular complexity index is 823. The van der Waals surface area contributed by atoms with Gasteiger partial charge in [-0.15, -0.1) is 0 Å². The molecule has 0 aliphatic carbocycles. The summed E-state index contributed by atoms with van der Waals surface area (Å²) in [5.74, 6) is 0.104. The minimum absolute atomic E-state index is 0.193. The van der Waals surface area contributed by atoms with Crippen molar-refractivity contribution in [2.75, 3.05) is 13.1 Å². The molecule has 3 rings (SSSR count). The van der Waals surface area contributed by atoms with Crippen LogP contribution in [0.5, 0.6) is 0 Å². The van der Waals surface area contributed by atoms with E-state index in [0.717, 1.165) is 12.8 Å². The molecule has 126 valence electrons. The predicted molar refractivity (Wildman–Crippen MR) is 89.3 cm³/mol. The van der Waals surface area contributed by atoms with E-state index in [4.69, 9.17) is 0 Å². The fraction of sp³-hybridized carbons (Fsp3) is 0.389. The molecule has 0 bridgehead atoms. The molecule has 1 saturated heterocycles. The van der Waals surface area contributed by atoms with Crippen LogP contribution >= 0.6 is 0 Å². The number of benzene rings is 1. The lowest BCUT2D eigenvalue weighted by molar-refractivity contribution is 0.0690. The van der Waals surface area contributed by atoms with E-state index >= 15 is 0 Å². The van der Waals surface area contributed by atoms with Crippen LogP contribution in [0.25, 0.3) is 11.3 Å². The number of rotatable bonds is 2. The molecular weight excluding hydrogens is 309 g/mol. The molecule has 1 aromatic heterocycles.